The fourth-order valence-corrected chi connectivity index (χ4v) is 3.84. The van der Waals surface area contributed by atoms with E-state index < -0.39 is 35.2 Å². The molecule has 10 heteroatoms. The molecule has 1 aliphatic heterocycles. The van der Waals surface area contributed by atoms with Crippen molar-refractivity contribution in [3.8, 4) is 0 Å². The molecule has 35 heavy (non-hydrogen) atoms. The van der Waals surface area contributed by atoms with Crippen LogP contribution in [0.2, 0.25) is 5.02 Å². The maximum absolute atomic E-state index is 13.2. The fourth-order valence-electron chi connectivity index (χ4n) is 3.65. The molecule has 9 nitrogen and oxygen atoms in total. The van der Waals surface area contributed by atoms with Crippen LogP contribution < -0.4 is 10.6 Å². The Morgan fingerprint density at radius 1 is 1.09 bits per heavy atom. The van der Waals surface area contributed by atoms with Crippen molar-refractivity contribution in [2.24, 2.45) is 5.41 Å². The van der Waals surface area contributed by atoms with Crippen LogP contribution in [-0.4, -0.2) is 77.2 Å². The van der Waals surface area contributed by atoms with Crippen LogP contribution in [0, 0.1) is 5.41 Å². The number of halogens is 1. The van der Waals surface area contributed by atoms with Gasteiger partial charge < -0.3 is 30.3 Å². The highest BCUT2D eigenvalue weighted by molar-refractivity contribution is 6.30. The van der Waals surface area contributed by atoms with Gasteiger partial charge in [-0.3, -0.25) is 9.59 Å². The molecule has 2 unspecified atom stereocenters. The number of nitrogens with one attached hydrogen (secondary N) is 2. The normalized spacial score (nSPS) is 18.1. The third kappa shape index (κ3) is 8.66. The van der Waals surface area contributed by atoms with Gasteiger partial charge in [-0.05, 0) is 56.5 Å². The minimum atomic E-state index is -1.21. The van der Waals surface area contributed by atoms with Crippen molar-refractivity contribution in [1.29, 1.82) is 0 Å². The number of benzene rings is 1. The smallest absolute Gasteiger partial charge is 0.407 e. The van der Waals surface area contributed by atoms with E-state index in [-0.39, 0.29) is 19.0 Å². The van der Waals surface area contributed by atoms with E-state index in [9.17, 15) is 19.5 Å². The number of aliphatic hydroxyl groups is 1. The van der Waals surface area contributed by atoms with Gasteiger partial charge in [0.25, 0.3) is 5.91 Å². The number of carbonyl (C=O) groups excluding carboxylic acids is 3. The van der Waals surface area contributed by atoms with E-state index in [4.69, 9.17) is 16.3 Å². The molecule has 0 spiro atoms. The number of rotatable bonds is 6. The summed E-state index contributed by atoms with van der Waals surface area (Å²) in [5.41, 5.74) is 0.256. The van der Waals surface area contributed by atoms with Gasteiger partial charge in [0, 0.05) is 37.7 Å². The zero-order valence-corrected chi connectivity index (χ0v) is 22.5. The second-order valence-corrected chi connectivity index (χ2v) is 11.5. The average Bonchev–Trinajstić information content (AvgIpc) is 2.73. The summed E-state index contributed by atoms with van der Waals surface area (Å²) < 4.78 is 5.28. The first-order valence-corrected chi connectivity index (χ1v) is 12.1. The van der Waals surface area contributed by atoms with Crippen LogP contribution in [0.3, 0.4) is 0 Å². The molecule has 196 valence electrons. The van der Waals surface area contributed by atoms with Crippen LogP contribution in [0.5, 0.6) is 0 Å². The summed E-state index contributed by atoms with van der Waals surface area (Å²) in [5.74, 6) is -0.771. The molecular formula is C25H39ClN4O5. The van der Waals surface area contributed by atoms with Gasteiger partial charge in [-0.25, -0.2) is 4.79 Å². The van der Waals surface area contributed by atoms with Crippen LogP contribution in [-0.2, 0) is 27.4 Å². The first-order valence-electron chi connectivity index (χ1n) is 11.8. The largest absolute Gasteiger partial charge is 0.444 e. The quantitative estimate of drug-likeness (QED) is 0.542. The molecule has 3 amide bonds. The van der Waals surface area contributed by atoms with E-state index >= 15 is 0 Å². The number of likely N-dealkylation sites (N-methyl/N-ethyl adjacent to an activating group) is 1. The standard InChI is InChI=1S/C25H39ClN4O5/c1-24(2,3)20(31)22(33)30-11-10-29(7)15-19(30)21(32)27-14-17-12-18(26)9-8-16(17)13-28-23(34)35-25(4,5)6/h8-9,12,19-20,31H,10-11,13-15H2,1-7H3,(H,27,32)(H,28,34). The Morgan fingerprint density at radius 2 is 1.71 bits per heavy atom. The Labute approximate surface area is 213 Å². The van der Waals surface area contributed by atoms with E-state index in [1.165, 1.54) is 4.90 Å². The van der Waals surface area contributed by atoms with E-state index in [0.29, 0.717) is 24.7 Å². The van der Waals surface area contributed by atoms with Gasteiger partial charge >= 0.3 is 6.09 Å². The average molecular weight is 511 g/mol. The summed E-state index contributed by atoms with van der Waals surface area (Å²) in [6.45, 7) is 12.4. The van der Waals surface area contributed by atoms with Gasteiger partial charge in [-0.1, -0.05) is 38.4 Å². The van der Waals surface area contributed by atoms with Crippen molar-refractivity contribution in [3.05, 3.63) is 34.3 Å². The molecule has 1 heterocycles. The van der Waals surface area contributed by atoms with Crippen molar-refractivity contribution >= 4 is 29.5 Å². The molecule has 0 saturated carbocycles. The maximum atomic E-state index is 13.2. The van der Waals surface area contributed by atoms with Crippen LogP contribution in [0.1, 0.15) is 52.7 Å². The van der Waals surface area contributed by atoms with Crippen molar-refractivity contribution in [3.63, 3.8) is 0 Å². The second-order valence-electron chi connectivity index (χ2n) is 11.1. The van der Waals surface area contributed by atoms with Gasteiger partial charge in [0.1, 0.15) is 17.7 Å². The number of aliphatic hydroxyl groups excluding tert-OH is 1. The lowest BCUT2D eigenvalue weighted by atomic mass is 9.88. The van der Waals surface area contributed by atoms with Crippen LogP contribution >= 0.6 is 11.6 Å². The van der Waals surface area contributed by atoms with Gasteiger partial charge in [-0.2, -0.15) is 0 Å². The number of amides is 3. The molecular weight excluding hydrogens is 472 g/mol. The topological polar surface area (TPSA) is 111 Å². The number of nitrogens with zero attached hydrogens (tertiary/aromatic N) is 2. The highest BCUT2D eigenvalue weighted by atomic mass is 35.5. The minimum absolute atomic E-state index is 0.162. The molecule has 1 aromatic rings. The first-order chi connectivity index (χ1) is 16.1. The zero-order chi connectivity index (χ0) is 26.6. The Hall–Kier alpha value is -2.36. The number of ether oxygens (including phenoxy) is 1. The van der Waals surface area contributed by atoms with Crippen LogP contribution in [0.15, 0.2) is 18.2 Å². The summed E-state index contributed by atoms with van der Waals surface area (Å²) in [6.07, 6.45) is -1.75. The third-order valence-electron chi connectivity index (χ3n) is 5.67. The van der Waals surface area contributed by atoms with Gasteiger partial charge in [-0.15, -0.1) is 0 Å². The van der Waals surface area contributed by atoms with Gasteiger partial charge in [0.2, 0.25) is 5.91 Å². The summed E-state index contributed by atoms with van der Waals surface area (Å²) in [5, 5.41) is 16.6. The van der Waals surface area contributed by atoms with Gasteiger partial charge in [0.15, 0.2) is 0 Å². The van der Waals surface area contributed by atoms with E-state index in [1.807, 2.05) is 11.9 Å². The molecule has 1 aromatic carbocycles. The molecule has 3 N–H and O–H groups in total. The molecule has 0 radical (unpaired) electrons. The van der Waals surface area contributed by atoms with E-state index in [2.05, 4.69) is 10.6 Å². The number of carbonyl (C=O) groups is 3. The Bertz CT molecular complexity index is 925. The lowest BCUT2D eigenvalue weighted by Gasteiger charge is -2.41. The summed E-state index contributed by atoms with van der Waals surface area (Å²) in [4.78, 5) is 41.7. The van der Waals surface area contributed by atoms with E-state index in [0.717, 1.165) is 11.1 Å². The predicted octanol–water partition coefficient (Wildman–Crippen LogP) is 2.53. The lowest BCUT2D eigenvalue weighted by molar-refractivity contribution is -0.154. The molecule has 0 aliphatic carbocycles. The molecule has 1 fully saturated rings. The number of hydrogen-bond acceptors (Lipinski definition) is 6. The zero-order valence-electron chi connectivity index (χ0n) is 21.8. The fraction of sp³-hybridized carbons (Fsp3) is 0.640. The Kier molecular flexibility index (Phi) is 9.56. The van der Waals surface area contributed by atoms with Crippen molar-refractivity contribution < 1.29 is 24.2 Å². The molecule has 1 aliphatic rings. The molecule has 0 aromatic heterocycles. The number of hydrogen-bond donors (Lipinski definition) is 3. The highest BCUT2D eigenvalue weighted by Gasteiger charge is 2.40. The highest BCUT2D eigenvalue weighted by Crippen LogP contribution is 2.23. The van der Waals surface area contributed by atoms with E-state index in [1.54, 1.807) is 59.7 Å². The minimum Gasteiger partial charge on any atom is -0.444 e. The summed E-state index contributed by atoms with van der Waals surface area (Å²) in [6, 6.07) is 4.49. The van der Waals surface area contributed by atoms with Crippen LogP contribution in [0.4, 0.5) is 4.79 Å². The lowest BCUT2D eigenvalue weighted by Crippen LogP contribution is -2.62. The molecule has 2 rings (SSSR count). The number of piperazine rings is 1. The Morgan fingerprint density at radius 3 is 2.31 bits per heavy atom. The van der Waals surface area contributed by atoms with Crippen molar-refractivity contribution in [1.82, 2.24) is 20.4 Å². The Balaban J connectivity index is 2.11. The van der Waals surface area contributed by atoms with Crippen molar-refractivity contribution in [2.75, 3.05) is 26.7 Å². The maximum Gasteiger partial charge on any atom is 0.407 e. The third-order valence-corrected chi connectivity index (χ3v) is 5.90. The van der Waals surface area contributed by atoms with Crippen molar-refractivity contribution in [2.45, 2.75) is 72.4 Å². The molecule has 1 saturated heterocycles. The molecule has 0 bridgehead atoms. The monoisotopic (exact) mass is 510 g/mol. The second kappa shape index (κ2) is 11.6. The number of alkyl carbamates (subject to hydrolysis) is 1. The summed E-state index contributed by atoms with van der Waals surface area (Å²) in [7, 11) is 1.89. The first kappa shape index (κ1) is 28.9. The van der Waals surface area contributed by atoms with Gasteiger partial charge in [0.05, 0.1) is 0 Å². The SMILES string of the molecule is CN1CCN(C(=O)C(O)C(C)(C)C)C(C(=O)NCc2cc(Cl)ccc2CNC(=O)OC(C)(C)C)C1. The predicted molar refractivity (Wildman–Crippen MR) is 135 cm³/mol. The van der Waals surface area contributed by atoms with Crippen LogP contribution in [0.25, 0.3) is 0 Å². The molecule has 2 atom stereocenters. The summed E-state index contributed by atoms with van der Waals surface area (Å²) >= 11 is 6.18.